The van der Waals surface area contributed by atoms with Gasteiger partial charge in [-0.1, -0.05) is 12.2 Å². The van der Waals surface area contributed by atoms with Crippen LogP contribution >= 0.6 is 0 Å². The smallest absolute Gasteiger partial charge is 0.331 e. The zero-order valence-corrected chi connectivity index (χ0v) is 16.5. The zero-order chi connectivity index (χ0) is 21.8. The second kappa shape index (κ2) is 7.72. The van der Waals surface area contributed by atoms with Crippen LogP contribution in [0, 0.1) is 5.92 Å². The van der Waals surface area contributed by atoms with Crippen LogP contribution in [0.5, 0.6) is 0 Å². The van der Waals surface area contributed by atoms with Gasteiger partial charge in [0.05, 0.1) is 6.61 Å². The predicted octanol–water partition coefficient (Wildman–Crippen LogP) is -1.74. The molecule has 0 aromatic carbocycles. The molecule has 1 saturated heterocycles. The summed E-state index contributed by atoms with van der Waals surface area (Å²) in [5.74, 6) is -0.443. The Morgan fingerprint density at radius 2 is 1.77 bits per heavy atom. The van der Waals surface area contributed by atoms with Crippen LogP contribution in [0.2, 0.25) is 0 Å². The third kappa shape index (κ3) is 3.48. The molecule has 4 rings (SSSR count). The van der Waals surface area contributed by atoms with Crippen molar-refractivity contribution in [1.29, 1.82) is 0 Å². The molecule has 0 amide bonds. The van der Waals surface area contributed by atoms with Crippen molar-refractivity contribution in [3.05, 3.63) is 35.6 Å². The molecular formula is C20H26O10. The molecule has 1 fully saturated rings. The maximum absolute atomic E-state index is 11.8. The maximum atomic E-state index is 11.8. The van der Waals surface area contributed by atoms with Crippen LogP contribution in [-0.2, 0) is 23.7 Å². The normalized spacial score (nSPS) is 44.8. The first kappa shape index (κ1) is 21.4. The molecule has 9 unspecified atom stereocenters. The van der Waals surface area contributed by atoms with Gasteiger partial charge in [-0.15, -0.1) is 0 Å². The van der Waals surface area contributed by atoms with E-state index in [4.69, 9.17) is 18.9 Å². The minimum absolute atomic E-state index is 0.270. The molecule has 0 aromatic heterocycles. The van der Waals surface area contributed by atoms with Gasteiger partial charge in [0.25, 0.3) is 0 Å². The number of hydrogen-bond donors (Lipinski definition) is 5. The van der Waals surface area contributed by atoms with Crippen molar-refractivity contribution in [3.63, 3.8) is 0 Å². The second-order valence-electron chi connectivity index (χ2n) is 8.38. The Kier molecular flexibility index (Phi) is 5.52. The van der Waals surface area contributed by atoms with Crippen LogP contribution < -0.4 is 0 Å². The van der Waals surface area contributed by atoms with E-state index in [0.29, 0.717) is 11.3 Å². The third-order valence-corrected chi connectivity index (χ3v) is 5.90. The first-order valence-corrected chi connectivity index (χ1v) is 9.78. The molecule has 166 valence electrons. The molecule has 10 heteroatoms. The number of hydrogen-bond acceptors (Lipinski definition) is 10. The number of carbonyl (C=O) groups is 1. The molecule has 3 aliphatic heterocycles. The molecule has 0 bridgehead atoms. The van der Waals surface area contributed by atoms with Crippen molar-refractivity contribution in [2.45, 2.75) is 68.5 Å². The summed E-state index contributed by atoms with van der Waals surface area (Å²) in [6.45, 7) is 2.73. The Balaban J connectivity index is 1.61. The van der Waals surface area contributed by atoms with Crippen LogP contribution in [-0.4, -0.2) is 92.7 Å². The van der Waals surface area contributed by atoms with E-state index in [1.165, 1.54) is 6.08 Å². The number of fused-ring (bicyclic) bond motifs is 2. The van der Waals surface area contributed by atoms with Gasteiger partial charge >= 0.3 is 5.97 Å². The number of esters is 1. The largest absolute Gasteiger partial charge is 0.485 e. The Labute approximate surface area is 172 Å². The van der Waals surface area contributed by atoms with E-state index in [2.05, 4.69) is 0 Å². The minimum Gasteiger partial charge on any atom is -0.485 e. The fraction of sp³-hybridized carbons (Fsp3) is 0.650. The Morgan fingerprint density at radius 1 is 1.07 bits per heavy atom. The van der Waals surface area contributed by atoms with Crippen LogP contribution in [0.3, 0.4) is 0 Å². The number of rotatable bonds is 3. The van der Waals surface area contributed by atoms with E-state index in [1.54, 1.807) is 26.0 Å². The molecule has 0 spiro atoms. The lowest BCUT2D eigenvalue weighted by Crippen LogP contribution is -2.63. The van der Waals surface area contributed by atoms with Gasteiger partial charge in [-0.2, -0.15) is 0 Å². The molecule has 1 aliphatic carbocycles. The van der Waals surface area contributed by atoms with Crippen LogP contribution in [0.4, 0.5) is 0 Å². The first-order chi connectivity index (χ1) is 14.1. The van der Waals surface area contributed by atoms with Gasteiger partial charge in [-0.3, -0.25) is 0 Å². The highest BCUT2D eigenvalue weighted by Crippen LogP contribution is 2.43. The van der Waals surface area contributed by atoms with Crippen LogP contribution in [0.15, 0.2) is 35.6 Å². The summed E-state index contributed by atoms with van der Waals surface area (Å²) in [7, 11) is 0. The number of ether oxygens (including phenoxy) is 4. The van der Waals surface area contributed by atoms with Gasteiger partial charge in [-0.05, 0) is 19.9 Å². The van der Waals surface area contributed by atoms with E-state index in [-0.39, 0.29) is 5.92 Å². The number of aliphatic hydroxyl groups is 5. The quantitative estimate of drug-likeness (QED) is 0.329. The molecule has 5 N–H and O–H groups in total. The average molecular weight is 426 g/mol. The fourth-order valence-electron chi connectivity index (χ4n) is 4.26. The summed E-state index contributed by atoms with van der Waals surface area (Å²) in [5, 5.41) is 50.8. The maximum Gasteiger partial charge on any atom is 0.331 e. The summed E-state index contributed by atoms with van der Waals surface area (Å²) in [4.78, 5) is 11.8. The average Bonchev–Trinajstić information content (AvgIpc) is 2.69. The van der Waals surface area contributed by atoms with Gasteiger partial charge in [0, 0.05) is 17.6 Å². The van der Waals surface area contributed by atoms with Crippen molar-refractivity contribution in [3.8, 4) is 0 Å². The third-order valence-electron chi connectivity index (χ3n) is 5.90. The van der Waals surface area contributed by atoms with Crippen molar-refractivity contribution in [1.82, 2.24) is 0 Å². The summed E-state index contributed by atoms with van der Waals surface area (Å²) in [5.41, 5.74) is -0.767. The molecule has 3 heterocycles. The highest BCUT2D eigenvalue weighted by atomic mass is 16.7. The standard InChI is InChI=1S/C20H26O10/c1-20(2)18(29-19-16(26)15(25)13(23)10(7-21)27-19)14(24)12-9(30-20)5-3-8-4-6-11(22)28-17(8)12/h3-6,8,10,13-19,21,23-26H,7H2,1-2H3. The number of carbonyl (C=O) groups excluding carboxylic acids is 1. The van der Waals surface area contributed by atoms with Crippen molar-refractivity contribution in [2.24, 2.45) is 5.92 Å². The molecule has 9 atom stereocenters. The molecule has 0 radical (unpaired) electrons. The van der Waals surface area contributed by atoms with Gasteiger partial charge in [0.1, 0.15) is 54.1 Å². The van der Waals surface area contributed by atoms with Gasteiger partial charge < -0.3 is 44.5 Å². The van der Waals surface area contributed by atoms with E-state index in [0.717, 1.165) is 0 Å². The molecule has 0 saturated carbocycles. The van der Waals surface area contributed by atoms with Crippen LogP contribution in [0.1, 0.15) is 13.8 Å². The first-order valence-electron chi connectivity index (χ1n) is 9.78. The van der Waals surface area contributed by atoms with Crippen molar-refractivity contribution < 1.29 is 49.3 Å². The monoisotopic (exact) mass is 426 g/mol. The fourth-order valence-corrected chi connectivity index (χ4v) is 4.26. The SMILES string of the molecule is CC1(C)OC2=C(C(O)C1OC1OC(CO)C(O)C(O)C1O)C1OC(=O)C=CC1C=C2. The molecule has 30 heavy (non-hydrogen) atoms. The number of aliphatic hydroxyl groups excluding tert-OH is 5. The Bertz CT molecular complexity index is 784. The summed E-state index contributed by atoms with van der Waals surface area (Å²) in [6.07, 6.45) is -4.01. The van der Waals surface area contributed by atoms with Gasteiger partial charge in [0.2, 0.25) is 0 Å². The Morgan fingerprint density at radius 3 is 2.47 bits per heavy atom. The second-order valence-corrected chi connectivity index (χ2v) is 8.38. The van der Waals surface area contributed by atoms with Gasteiger partial charge in [-0.25, -0.2) is 4.79 Å². The van der Waals surface area contributed by atoms with Gasteiger partial charge in [0.15, 0.2) is 6.29 Å². The molecule has 4 aliphatic rings. The van der Waals surface area contributed by atoms with Crippen molar-refractivity contribution in [2.75, 3.05) is 6.61 Å². The molecule has 10 nitrogen and oxygen atoms in total. The molecular weight excluding hydrogens is 400 g/mol. The lowest BCUT2D eigenvalue weighted by atomic mass is 9.79. The van der Waals surface area contributed by atoms with Crippen LogP contribution in [0.25, 0.3) is 0 Å². The predicted molar refractivity (Wildman–Crippen MR) is 98.5 cm³/mol. The number of allylic oxidation sites excluding steroid dienone is 1. The summed E-state index contributed by atoms with van der Waals surface area (Å²) in [6, 6.07) is 0. The minimum atomic E-state index is -1.63. The topological polar surface area (TPSA) is 155 Å². The lowest BCUT2D eigenvalue weighted by molar-refractivity contribution is -0.331. The van der Waals surface area contributed by atoms with E-state index >= 15 is 0 Å². The summed E-state index contributed by atoms with van der Waals surface area (Å²) >= 11 is 0. The lowest BCUT2D eigenvalue weighted by Gasteiger charge is -2.49. The van der Waals surface area contributed by atoms with E-state index in [9.17, 15) is 30.3 Å². The van der Waals surface area contributed by atoms with E-state index < -0.39 is 67.2 Å². The zero-order valence-electron chi connectivity index (χ0n) is 16.5. The van der Waals surface area contributed by atoms with E-state index in [1.807, 2.05) is 6.08 Å². The highest BCUT2D eigenvalue weighted by molar-refractivity contribution is 5.83. The van der Waals surface area contributed by atoms with Crippen molar-refractivity contribution >= 4 is 5.97 Å². The Hall–Kier alpha value is -1.79. The summed E-state index contributed by atoms with van der Waals surface area (Å²) < 4.78 is 22.7. The molecule has 0 aromatic rings. The highest BCUT2D eigenvalue weighted by Gasteiger charge is 2.53.